The lowest BCUT2D eigenvalue weighted by Gasteiger charge is -2.31. The Balaban J connectivity index is 1.90. The van der Waals surface area contributed by atoms with E-state index in [0.717, 1.165) is 11.3 Å². The van der Waals surface area contributed by atoms with E-state index in [1.165, 1.54) is 4.31 Å². The third-order valence-electron chi connectivity index (χ3n) is 4.63. The van der Waals surface area contributed by atoms with Crippen LogP contribution in [-0.2, 0) is 14.8 Å². The van der Waals surface area contributed by atoms with Gasteiger partial charge in [0.05, 0.1) is 37.7 Å². The second kappa shape index (κ2) is 9.34. The number of ether oxygens (including phenoxy) is 1. The molecule has 0 saturated carbocycles. The summed E-state index contributed by atoms with van der Waals surface area (Å²) >= 11 is 0. The van der Waals surface area contributed by atoms with Gasteiger partial charge in [0, 0.05) is 6.04 Å². The fraction of sp³-hybridized carbons (Fsp3) is 0.611. The minimum Gasteiger partial charge on any atom is -0.494 e. The van der Waals surface area contributed by atoms with Crippen molar-refractivity contribution in [2.75, 3.05) is 39.3 Å². The number of hydrogen-bond acceptors (Lipinski definition) is 4. The molecule has 1 aliphatic rings. The molecule has 0 aromatic heterocycles. The fourth-order valence-corrected chi connectivity index (χ4v) is 4.34. The maximum atomic E-state index is 12.8. The van der Waals surface area contributed by atoms with Gasteiger partial charge in [-0.3, -0.25) is 4.79 Å². The molecule has 0 aliphatic carbocycles. The Morgan fingerprint density at radius 2 is 1.85 bits per heavy atom. The number of amides is 1. The molecule has 2 rings (SSSR count). The molecular weight excluding hydrogens is 354 g/mol. The Kier molecular flexibility index (Phi) is 7.43. The minimum atomic E-state index is -3.50. The SMILES string of the molecule is CCOc1ccc(S(=O)(=O)N2CC[NH+](CC(=O)N[C@@H](C)CC)CC2)cc1. The van der Waals surface area contributed by atoms with Crippen LogP contribution in [0.25, 0.3) is 0 Å². The molecule has 26 heavy (non-hydrogen) atoms. The van der Waals surface area contributed by atoms with E-state index in [-0.39, 0.29) is 16.8 Å². The van der Waals surface area contributed by atoms with E-state index in [9.17, 15) is 13.2 Å². The monoisotopic (exact) mass is 384 g/mol. The highest BCUT2D eigenvalue weighted by Gasteiger charge is 2.31. The number of nitrogens with zero attached hydrogens (tertiary/aromatic N) is 1. The van der Waals surface area contributed by atoms with Crippen molar-refractivity contribution in [1.82, 2.24) is 9.62 Å². The van der Waals surface area contributed by atoms with Crippen LogP contribution in [0.15, 0.2) is 29.2 Å². The quantitative estimate of drug-likeness (QED) is 0.655. The van der Waals surface area contributed by atoms with Gasteiger partial charge in [-0.15, -0.1) is 0 Å². The van der Waals surface area contributed by atoms with Gasteiger partial charge >= 0.3 is 0 Å². The van der Waals surface area contributed by atoms with Crippen molar-refractivity contribution >= 4 is 15.9 Å². The third-order valence-corrected chi connectivity index (χ3v) is 6.55. The van der Waals surface area contributed by atoms with Crippen LogP contribution in [0.5, 0.6) is 5.75 Å². The van der Waals surface area contributed by atoms with Gasteiger partial charge in [-0.2, -0.15) is 4.31 Å². The predicted molar refractivity (Wildman–Crippen MR) is 99.8 cm³/mol. The average molecular weight is 385 g/mol. The zero-order chi connectivity index (χ0) is 19.2. The lowest BCUT2D eigenvalue weighted by atomic mass is 10.2. The Hall–Kier alpha value is -1.64. The summed E-state index contributed by atoms with van der Waals surface area (Å²) in [7, 11) is -3.50. The largest absolute Gasteiger partial charge is 0.494 e. The molecule has 0 spiro atoms. The molecule has 1 aromatic rings. The molecule has 146 valence electrons. The summed E-state index contributed by atoms with van der Waals surface area (Å²) in [5.41, 5.74) is 0. The normalized spacial score (nSPS) is 17.7. The summed E-state index contributed by atoms with van der Waals surface area (Å²) in [6.45, 7) is 8.92. The maximum Gasteiger partial charge on any atom is 0.275 e. The number of benzene rings is 1. The molecule has 1 saturated heterocycles. The van der Waals surface area contributed by atoms with Crippen LogP contribution in [0, 0.1) is 0 Å². The summed E-state index contributed by atoms with van der Waals surface area (Å²) in [5, 5.41) is 2.96. The number of piperazine rings is 1. The first-order chi connectivity index (χ1) is 12.4. The number of quaternary nitrogens is 1. The molecule has 8 heteroatoms. The number of carbonyl (C=O) groups excluding carboxylic acids is 1. The molecular formula is C18H30N3O4S+. The van der Waals surface area contributed by atoms with Gasteiger partial charge in [-0.1, -0.05) is 6.92 Å². The third kappa shape index (κ3) is 5.43. The second-order valence-electron chi connectivity index (χ2n) is 6.61. The average Bonchev–Trinajstić information content (AvgIpc) is 2.62. The van der Waals surface area contributed by atoms with Gasteiger partial charge in [0.2, 0.25) is 10.0 Å². The highest BCUT2D eigenvalue weighted by Crippen LogP contribution is 2.19. The van der Waals surface area contributed by atoms with Crippen LogP contribution < -0.4 is 15.0 Å². The maximum absolute atomic E-state index is 12.8. The molecule has 0 bridgehead atoms. The molecule has 7 nitrogen and oxygen atoms in total. The van der Waals surface area contributed by atoms with Crippen LogP contribution in [0.4, 0.5) is 0 Å². The van der Waals surface area contributed by atoms with Crippen LogP contribution in [0.2, 0.25) is 0 Å². The lowest BCUT2D eigenvalue weighted by Crippen LogP contribution is -3.15. The standard InChI is InChI=1S/C18H29N3O4S/c1-4-15(3)19-18(22)14-20-10-12-21(13-11-20)26(23,24)17-8-6-16(7-9-17)25-5-2/h6-9,15H,4-5,10-14H2,1-3H3,(H,19,22)/p+1/t15-/m0/s1. The Labute approximate surface area is 156 Å². The van der Waals surface area contributed by atoms with E-state index in [1.807, 2.05) is 20.8 Å². The van der Waals surface area contributed by atoms with Crippen LogP contribution in [0.1, 0.15) is 27.2 Å². The van der Waals surface area contributed by atoms with E-state index < -0.39 is 10.0 Å². The van der Waals surface area contributed by atoms with E-state index in [4.69, 9.17) is 4.74 Å². The molecule has 1 amide bonds. The topological polar surface area (TPSA) is 80.2 Å². The zero-order valence-electron chi connectivity index (χ0n) is 15.8. The van der Waals surface area contributed by atoms with Crippen molar-refractivity contribution in [2.24, 2.45) is 0 Å². The number of rotatable bonds is 8. The van der Waals surface area contributed by atoms with Crippen LogP contribution >= 0.6 is 0 Å². The van der Waals surface area contributed by atoms with Crippen molar-refractivity contribution in [2.45, 2.75) is 38.1 Å². The zero-order valence-corrected chi connectivity index (χ0v) is 16.6. The molecule has 1 fully saturated rings. The molecule has 2 N–H and O–H groups in total. The molecule has 1 atom stereocenters. The second-order valence-corrected chi connectivity index (χ2v) is 8.55. The molecule has 1 aliphatic heterocycles. The Morgan fingerprint density at radius 3 is 2.38 bits per heavy atom. The number of sulfonamides is 1. The molecule has 1 heterocycles. The van der Waals surface area contributed by atoms with Gasteiger partial charge in [0.15, 0.2) is 6.54 Å². The van der Waals surface area contributed by atoms with E-state index >= 15 is 0 Å². The smallest absolute Gasteiger partial charge is 0.275 e. The first-order valence-electron chi connectivity index (χ1n) is 9.22. The van der Waals surface area contributed by atoms with Crippen LogP contribution in [0.3, 0.4) is 0 Å². The lowest BCUT2D eigenvalue weighted by molar-refractivity contribution is -0.895. The minimum absolute atomic E-state index is 0.0252. The van der Waals surface area contributed by atoms with Crippen molar-refractivity contribution < 1.29 is 22.8 Å². The van der Waals surface area contributed by atoms with Crippen molar-refractivity contribution in [3.8, 4) is 5.75 Å². The van der Waals surface area contributed by atoms with Gasteiger partial charge in [-0.25, -0.2) is 8.42 Å². The van der Waals surface area contributed by atoms with Crippen molar-refractivity contribution in [1.29, 1.82) is 0 Å². The predicted octanol–water partition coefficient (Wildman–Crippen LogP) is -0.111. The highest BCUT2D eigenvalue weighted by atomic mass is 32.2. The number of hydrogen-bond donors (Lipinski definition) is 2. The summed E-state index contributed by atoms with van der Waals surface area (Å²) < 4.78 is 32.4. The summed E-state index contributed by atoms with van der Waals surface area (Å²) in [6, 6.07) is 6.69. The summed E-state index contributed by atoms with van der Waals surface area (Å²) in [5.74, 6) is 0.685. The van der Waals surface area contributed by atoms with Gasteiger partial charge in [-0.05, 0) is 44.5 Å². The van der Waals surface area contributed by atoms with E-state index in [1.54, 1.807) is 24.3 Å². The van der Waals surface area contributed by atoms with E-state index in [2.05, 4.69) is 5.32 Å². The van der Waals surface area contributed by atoms with E-state index in [0.29, 0.717) is 45.1 Å². The Morgan fingerprint density at radius 1 is 1.23 bits per heavy atom. The molecule has 0 unspecified atom stereocenters. The fourth-order valence-electron chi connectivity index (χ4n) is 2.90. The van der Waals surface area contributed by atoms with Gasteiger partial charge in [0.1, 0.15) is 5.75 Å². The first kappa shape index (κ1) is 20.7. The Bertz CT molecular complexity index is 683. The highest BCUT2D eigenvalue weighted by molar-refractivity contribution is 7.89. The molecule has 0 radical (unpaired) electrons. The number of nitrogens with one attached hydrogen (secondary N) is 2. The van der Waals surface area contributed by atoms with Gasteiger partial charge < -0.3 is 15.0 Å². The number of carbonyl (C=O) groups is 1. The summed E-state index contributed by atoms with van der Waals surface area (Å²) in [4.78, 5) is 13.4. The first-order valence-corrected chi connectivity index (χ1v) is 10.7. The van der Waals surface area contributed by atoms with Crippen molar-refractivity contribution in [3.05, 3.63) is 24.3 Å². The van der Waals surface area contributed by atoms with Gasteiger partial charge in [0.25, 0.3) is 5.91 Å². The summed E-state index contributed by atoms with van der Waals surface area (Å²) in [6.07, 6.45) is 0.898. The molecule has 1 aromatic carbocycles. The van der Waals surface area contributed by atoms with Crippen LogP contribution in [-0.4, -0.2) is 64.0 Å². The van der Waals surface area contributed by atoms with Crippen molar-refractivity contribution in [3.63, 3.8) is 0 Å².